The van der Waals surface area contributed by atoms with Gasteiger partial charge in [-0.25, -0.2) is 0 Å². The van der Waals surface area contributed by atoms with Crippen molar-refractivity contribution in [1.29, 1.82) is 0 Å². The molecule has 9 heteroatoms. The van der Waals surface area contributed by atoms with Crippen LogP contribution in [0.3, 0.4) is 0 Å². The van der Waals surface area contributed by atoms with Crippen molar-refractivity contribution < 1.29 is 9.59 Å². The molecule has 0 aromatic heterocycles. The molecule has 0 aliphatic heterocycles. The number of nitrogens with one attached hydrogen (secondary N) is 4. The molecule has 222 valence electrons. The molecule has 0 spiro atoms. The number of carbonyl (C=O) groups is 2. The zero-order chi connectivity index (χ0) is 27.9. The first-order valence-corrected chi connectivity index (χ1v) is 16.3. The summed E-state index contributed by atoms with van der Waals surface area (Å²) in [5, 5.41) is 12.0. The molecule has 1 aliphatic carbocycles. The van der Waals surface area contributed by atoms with Gasteiger partial charge >= 0.3 is 0 Å². The summed E-state index contributed by atoms with van der Waals surface area (Å²) < 4.78 is 0. The lowest BCUT2D eigenvalue weighted by Crippen LogP contribution is -2.42. The Morgan fingerprint density at radius 1 is 0.868 bits per heavy atom. The van der Waals surface area contributed by atoms with Crippen molar-refractivity contribution in [3.05, 3.63) is 0 Å². The zero-order valence-electron chi connectivity index (χ0n) is 24.7. The molecule has 1 saturated carbocycles. The minimum absolute atomic E-state index is 0.0827. The number of hydrogen-bond acceptors (Lipinski definition) is 5. The SMILES string of the molecule is CN=C(NC)NCCCC(N)C(=O)NCCSCC(=O)NCCCCC1(C)CCCCCCCCCCC1. The van der Waals surface area contributed by atoms with Gasteiger partial charge in [-0.2, -0.15) is 11.8 Å². The summed E-state index contributed by atoms with van der Waals surface area (Å²) in [5.74, 6) is 1.80. The van der Waals surface area contributed by atoms with Crippen LogP contribution in [0.25, 0.3) is 0 Å². The largest absolute Gasteiger partial charge is 0.359 e. The lowest BCUT2D eigenvalue weighted by atomic mass is 9.75. The van der Waals surface area contributed by atoms with Gasteiger partial charge in [0.1, 0.15) is 0 Å². The highest BCUT2D eigenvalue weighted by Gasteiger charge is 2.23. The van der Waals surface area contributed by atoms with Crippen molar-refractivity contribution in [2.24, 2.45) is 16.1 Å². The quantitative estimate of drug-likeness (QED) is 0.117. The van der Waals surface area contributed by atoms with Crippen molar-refractivity contribution in [1.82, 2.24) is 21.3 Å². The van der Waals surface area contributed by atoms with Crippen LogP contribution in [-0.2, 0) is 9.59 Å². The Kier molecular flexibility index (Phi) is 20.3. The highest BCUT2D eigenvalue weighted by Crippen LogP contribution is 2.36. The molecule has 38 heavy (non-hydrogen) atoms. The number of unbranched alkanes of at least 4 members (excludes halogenated alkanes) is 1. The Hall–Kier alpha value is -1.48. The van der Waals surface area contributed by atoms with Crippen molar-refractivity contribution in [3.63, 3.8) is 0 Å². The minimum Gasteiger partial charge on any atom is -0.359 e. The van der Waals surface area contributed by atoms with E-state index < -0.39 is 6.04 Å². The molecule has 2 amide bonds. The van der Waals surface area contributed by atoms with Crippen LogP contribution in [0.4, 0.5) is 0 Å². The Morgan fingerprint density at radius 3 is 2.08 bits per heavy atom. The monoisotopic (exact) mass is 554 g/mol. The molecule has 1 fully saturated rings. The van der Waals surface area contributed by atoms with E-state index in [4.69, 9.17) is 5.73 Å². The summed E-state index contributed by atoms with van der Waals surface area (Å²) in [4.78, 5) is 28.3. The van der Waals surface area contributed by atoms with E-state index in [-0.39, 0.29) is 11.8 Å². The smallest absolute Gasteiger partial charge is 0.236 e. The second-order valence-electron chi connectivity index (χ2n) is 11.1. The van der Waals surface area contributed by atoms with E-state index in [9.17, 15) is 9.59 Å². The third-order valence-corrected chi connectivity index (χ3v) is 8.61. The van der Waals surface area contributed by atoms with Crippen LogP contribution in [0.5, 0.6) is 0 Å². The number of amides is 2. The molecular formula is C29H58N6O2S. The predicted molar refractivity (Wildman–Crippen MR) is 164 cm³/mol. The highest BCUT2D eigenvalue weighted by atomic mass is 32.2. The molecule has 0 bridgehead atoms. The number of rotatable bonds is 15. The van der Waals surface area contributed by atoms with Gasteiger partial charge in [0.25, 0.3) is 0 Å². The van der Waals surface area contributed by atoms with Crippen LogP contribution >= 0.6 is 11.8 Å². The first-order chi connectivity index (χ1) is 18.4. The molecule has 1 rings (SSSR count). The van der Waals surface area contributed by atoms with Crippen LogP contribution in [0, 0.1) is 5.41 Å². The van der Waals surface area contributed by atoms with E-state index in [0.717, 1.165) is 25.3 Å². The van der Waals surface area contributed by atoms with Crippen molar-refractivity contribution in [3.8, 4) is 0 Å². The Bertz CT molecular complexity index is 649. The van der Waals surface area contributed by atoms with Crippen molar-refractivity contribution in [2.45, 2.75) is 116 Å². The van der Waals surface area contributed by atoms with Gasteiger partial charge in [-0.15, -0.1) is 0 Å². The highest BCUT2D eigenvalue weighted by molar-refractivity contribution is 7.99. The Labute approximate surface area is 237 Å². The third kappa shape index (κ3) is 17.9. The van der Waals surface area contributed by atoms with Gasteiger partial charge in [-0.1, -0.05) is 71.1 Å². The zero-order valence-corrected chi connectivity index (χ0v) is 25.5. The average Bonchev–Trinajstić information content (AvgIpc) is 2.90. The van der Waals surface area contributed by atoms with Crippen LogP contribution in [0.15, 0.2) is 4.99 Å². The summed E-state index contributed by atoms with van der Waals surface area (Å²) in [6.07, 6.45) is 20.3. The molecule has 0 aromatic rings. The topological polar surface area (TPSA) is 121 Å². The standard InChI is InChI=1S/C29H58N6O2S/c1-29(17-11-9-7-5-4-6-8-10-12-18-29)19-13-14-20-33-26(36)24-38-23-22-34-27(37)25(30)16-15-21-35-28(31-2)32-3/h25H,4-24,30H2,1-3H3,(H,33,36)(H,34,37)(H2,31,32,35). The lowest BCUT2D eigenvalue weighted by molar-refractivity contribution is -0.122. The number of nitrogens with two attached hydrogens (primary N) is 1. The number of nitrogens with zero attached hydrogens (tertiary/aromatic N) is 1. The van der Waals surface area contributed by atoms with Gasteiger partial charge in [0.15, 0.2) is 5.96 Å². The van der Waals surface area contributed by atoms with E-state index >= 15 is 0 Å². The van der Waals surface area contributed by atoms with E-state index in [1.54, 1.807) is 25.9 Å². The predicted octanol–water partition coefficient (Wildman–Crippen LogP) is 4.34. The fourth-order valence-electron chi connectivity index (χ4n) is 5.15. The van der Waals surface area contributed by atoms with Crippen molar-refractivity contribution >= 4 is 29.5 Å². The maximum absolute atomic E-state index is 12.2. The second-order valence-corrected chi connectivity index (χ2v) is 12.2. The first kappa shape index (κ1) is 34.5. The molecule has 0 saturated heterocycles. The van der Waals surface area contributed by atoms with Crippen LogP contribution in [0.1, 0.15) is 110 Å². The first-order valence-electron chi connectivity index (χ1n) is 15.2. The van der Waals surface area contributed by atoms with Crippen molar-refractivity contribution in [2.75, 3.05) is 45.2 Å². The lowest BCUT2D eigenvalue weighted by Gasteiger charge is -2.30. The van der Waals surface area contributed by atoms with Gasteiger partial charge in [-0.05, 0) is 43.9 Å². The summed E-state index contributed by atoms with van der Waals surface area (Å²) in [6, 6.07) is -0.519. The molecule has 0 heterocycles. The summed E-state index contributed by atoms with van der Waals surface area (Å²) in [7, 11) is 3.52. The molecule has 1 atom stereocenters. The van der Waals surface area contributed by atoms with Crippen LogP contribution in [-0.4, -0.2) is 69.1 Å². The fraction of sp³-hybridized carbons (Fsp3) is 0.897. The number of aliphatic imine (C=N–C) groups is 1. The number of guanidine groups is 1. The van der Waals surface area contributed by atoms with Gasteiger partial charge < -0.3 is 27.0 Å². The second kappa shape index (κ2) is 22.3. The maximum Gasteiger partial charge on any atom is 0.236 e. The maximum atomic E-state index is 12.2. The number of thioether (sulfide) groups is 1. The van der Waals surface area contributed by atoms with Gasteiger partial charge in [-0.3, -0.25) is 14.6 Å². The summed E-state index contributed by atoms with van der Waals surface area (Å²) >= 11 is 1.54. The van der Waals surface area contributed by atoms with Gasteiger partial charge in [0, 0.05) is 39.5 Å². The van der Waals surface area contributed by atoms with Gasteiger partial charge in [0.05, 0.1) is 11.8 Å². The van der Waals surface area contributed by atoms with E-state index in [1.807, 2.05) is 0 Å². The average molecular weight is 555 g/mol. The van der Waals surface area contributed by atoms with E-state index in [1.165, 1.54) is 83.5 Å². The summed E-state index contributed by atoms with van der Waals surface area (Å²) in [6.45, 7) is 4.49. The Balaban J connectivity index is 2.07. The minimum atomic E-state index is -0.519. The van der Waals surface area contributed by atoms with E-state index in [2.05, 4.69) is 33.2 Å². The molecule has 0 aromatic carbocycles. The van der Waals surface area contributed by atoms with Gasteiger partial charge in [0.2, 0.25) is 11.8 Å². The fourth-order valence-corrected chi connectivity index (χ4v) is 5.83. The normalized spacial score (nSPS) is 17.9. The van der Waals surface area contributed by atoms with Crippen LogP contribution in [0.2, 0.25) is 0 Å². The molecule has 1 aliphatic rings. The number of hydrogen-bond donors (Lipinski definition) is 5. The van der Waals surface area contributed by atoms with E-state index in [0.29, 0.717) is 36.4 Å². The van der Waals surface area contributed by atoms with Crippen LogP contribution < -0.4 is 27.0 Å². The molecule has 1 unspecified atom stereocenters. The molecule has 0 radical (unpaired) electrons. The number of carbonyl (C=O) groups excluding carboxylic acids is 2. The molecular weight excluding hydrogens is 496 g/mol. The summed E-state index contributed by atoms with van der Waals surface area (Å²) in [5.41, 5.74) is 6.46. The molecule has 6 N–H and O–H groups in total. The third-order valence-electron chi connectivity index (χ3n) is 7.65. The Morgan fingerprint density at radius 2 is 1.47 bits per heavy atom. The molecule has 8 nitrogen and oxygen atoms in total.